The Morgan fingerprint density at radius 3 is 2.29 bits per heavy atom. The maximum absolute atomic E-state index is 12.8. The van der Waals surface area contributed by atoms with Crippen LogP contribution < -0.4 is 0 Å². The second-order valence-electron chi connectivity index (χ2n) is 9.71. The van der Waals surface area contributed by atoms with E-state index in [0.29, 0.717) is 32.5 Å². The number of urea groups is 1. The molecule has 0 bridgehead atoms. The molecule has 3 aliphatic heterocycles. The van der Waals surface area contributed by atoms with Gasteiger partial charge >= 0.3 is 12.0 Å². The summed E-state index contributed by atoms with van der Waals surface area (Å²) in [6, 6.07) is 10.7. The number of benzene rings is 1. The van der Waals surface area contributed by atoms with Gasteiger partial charge in [-0.25, -0.2) is 4.79 Å². The lowest BCUT2D eigenvalue weighted by Crippen LogP contribution is -2.53. The number of carbonyl (C=O) groups excluding carboxylic acids is 2. The molecule has 3 fully saturated rings. The summed E-state index contributed by atoms with van der Waals surface area (Å²) in [7, 11) is 0. The molecule has 0 N–H and O–H groups in total. The van der Waals surface area contributed by atoms with Crippen LogP contribution in [0.1, 0.15) is 57.4 Å². The van der Waals surface area contributed by atoms with Crippen LogP contribution >= 0.6 is 0 Å². The van der Waals surface area contributed by atoms with E-state index < -0.39 is 0 Å². The fraction of sp³-hybridized carbons (Fsp3) is 0.680. The SMILES string of the molecule is C[C@]1(COC(=O)C2CCN(C(=O)N3CCCC3)CC2)CCCCN1Cc1ccccc1. The number of likely N-dealkylation sites (tertiary alicyclic amines) is 3. The molecule has 1 aromatic carbocycles. The molecule has 0 radical (unpaired) electrons. The Balaban J connectivity index is 1.26. The number of carbonyl (C=O) groups is 2. The second-order valence-corrected chi connectivity index (χ2v) is 9.71. The van der Waals surface area contributed by atoms with E-state index in [1.165, 1.54) is 18.4 Å². The van der Waals surface area contributed by atoms with Crippen LogP contribution in [0, 0.1) is 5.92 Å². The lowest BCUT2D eigenvalue weighted by Gasteiger charge is -2.44. The standard InChI is InChI=1S/C25H37N3O3/c1-25(13-5-6-16-28(25)19-21-9-3-2-4-10-21)20-31-23(29)22-11-17-27(18-12-22)24(30)26-14-7-8-15-26/h2-4,9-10,22H,5-8,11-20H2,1H3/t25-/m1/s1. The van der Waals surface area contributed by atoms with Crippen LogP contribution in [-0.2, 0) is 16.1 Å². The monoisotopic (exact) mass is 427 g/mol. The predicted molar refractivity (Wildman–Crippen MR) is 121 cm³/mol. The summed E-state index contributed by atoms with van der Waals surface area (Å²) >= 11 is 0. The number of hydrogen-bond acceptors (Lipinski definition) is 4. The van der Waals surface area contributed by atoms with Crippen LogP contribution in [0.15, 0.2) is 30.3 Å². The summed E-state index contributed by atoms with van der Waals surface area (Å²) in [4.78, 5) is 31.7. The zero-order valence-corrected chi connectivity index (χ0v) is 18.9. The minimum absolute atomic E-state index is 0.0836. The third-order valence-electron chi connectivity index (χ3n) is 7.37. The molecule has 0 spiro atoms. The van der Waals surface area contributed by atoms with E-state index in [4.69, 9.17) is 4.74 Å². The van der Waals surface area contributed by atoms with Crippen LogP contribution in [-0.4, -0.2) is 71.6 Å². The molecule has 3 aliphatic rings. The van der Waals surface area contributed by atoms with E-state index in [1.54, 1.807) is 0 Å². The molecular formula is C25H37N3O3. The van der Waals surface area contributed by atoms with Crippen LogP contribution in [0.3, 0.4) is 0 Å². The Morgan fingerprint density at radius 2 is 1.58 bits per heavy atom. The number of piperidine rings is 2. The Bertz CT molecular complexity index is 742. The summed E-state index contributed by atoms with van der Waals surface area (Å²) in [6.45, 7) is 7.69. The van der Waals surface area contributed by atoms with Gasteiger partial charge in [0.15, 0.2) is 0 Å². The summed E-state index contributed by atoms with van der Waals surface area (Å²) in [5, 5.41) is 0. The van der Waals surface area contributed by atoms with Gasteiger partial charge in [0, 0.05) is 32.7 Å². The van der Waals surface area contributed by atoms with E-state index in [2.05, 4.69) is 36.1 Å². The summed E-state index contributed by atoms with van der Waals surface area (Å²) in [5.74, 6) is -0.169. The molecule has 0 aromatic heterocycles. The molecule has 4 rings (SSSR count). The zero-order chi connectivity index (χ0) is 21.7. The largest absolute Gasteiger partial charge is 0.464 e. The van der Waals surface area contributed by atoms with Crippen LogP contribution in [0.25, 0.3) is 0 Å². The molecule has 2 amide bonds. The Morgan fingerprint density at radius 1 is 0.935 bits per heavy atom. The molecule has 0 unspecified atom stereocenters. The molecule has 6 nitrogen and oxygen atoms in total. The molecule has 170 valence electrons. The molecule has 3 saturated heterocycles. The van der Waals surface area contributed by atoms with Gasteiger partial charge in [-0.15, -0.1) is 0 Å². The quantitative estimate of drug-likeness (QED) is 0.669. The zero-order valence-electron chi connectivity index (χ0n) is 18.9. The highest BCUT2D eigenvalue weighted by molar-refractivity contribution is 5.76. The van der Waals surface area contributed by atoms with Crippen molar-refractivity contribution in [1.29, 1.82) is 0 Å². The van der Waals surface area contributed by atoms with Crippen molar-refractivity contribution in [2.24, 2.45) is 5.92 Å². The molecular weight excluding hydrogens is 390 g/mol. The van der Waals surface area contributed by atoms with Crippen molar-refractivity contribution in [3.05, 3.63) is 35.9 Å². The van der Waals surface area contributed by atoms with Crippen LogP contribution in [0.2, 0.25) is 0 Å². The first-order valence-corrected chi connectivity index (χ1v) is 12.0. The Kier molecular flexibility index (Phi) is 7.16. The number of hydrogen-bond donors (Lipinski definition) is 0. The van der Waals surface area contributed by atoms with E-state index in [1.807, 2.05) is 15.9 Å². The number of amides is 2. The van der Waals surface area contributed by atoms with E-state index in [9.17, 15) is 9.59 Å². The third kappa shape index (κ3) is 5.40. The van der Waals surface area contributed by atoms with Gasteiger partial charge < -0.3 is 14.5 Å². The highest BCUT2D eigenvalue weighted by Crippen LogP contribution is 2.31. The number of esters is 1. The lowest BCUT2D eigenvalue weighted by atomic mass is 9.88. The Labute approximate surface area is 186 Å². The van der Waals surface area contributed by atoms with Gasteiger partial charge in [-0.3, -0.25) is 9.69 Å². The smallest absolute Gasteiger partial charge is 0.319 e. The van der Waals surface area contributed by atoms with Gasteiger partial charge in [0.25, 0.3) is 0 Å². The van der Waals surface area contributed by atoms with Crippen molar-refractivity contribution in [1.82, 2.24) is 14.7 Å². The molecule has 3 heterocycles. The summed E-state index contributed by atoms with van der Waals surface area (Å²) in [5.41, 5.74) is 1.19. The molecule has 0 aliphatic carbocycles. The molecule has 0 saturated carbocycles. The minimum atomic E-state index is -0.115. The molecule has 31 heavy (non-hydrogen) atoms. The average Bonchev–Trinajstić information content (AvgIpc) is 3.35. The van der Waals surface area contributed by atoms with Crippen LogP contribution in [0.5, 0.6) is 0 Å². The first-order valence-electron chi connectivity index (χ1n) is 12.0. The van der Waals surface area contributed by atoms with Gasteiger partial charge in [0.1, 0.15) is 6.61 Å². The number of rotatable bonds is 5. The third-order valence-corrected chi connectivity index (χ3v) is 7.37. The first kappa shape index (κ1) is 22.1. The normalized spacial score (nSPS) is 25.6. The highest BCUT2D eigenvalue weighted by Gasteiger charge is 2.37. The van der Waals surface area contributed by atoms with E-state index >= 15 is 0 Å². The van der Waals surface area contributed by atoms with Gasteiger partial charge in [-0.05, 0) is 57.6 Å². The van der Waals surface area contributed by atoms with Gasteiger partial charge in [0.05, 0.1) is 11.5 Å². The van der Waals surface area contributed by atoms with Crippen molar-refractivity contribution in [2.75, 3.05) is 39.3 Å². The van der Waals surface area contributed by atoms with Crippen molar-refractivity contribution < 1.29 is 14.3 Å². The van der Waals surface area contributed by atoms with Crippen molar-refractivity contribution in [3.8, 4) is 0 Å². The van der Waals surface area contributed by atoms with Crippen molar-refractivity contribution >= 4 is 12.0 Å². The second kappa shape index (κ2) is 10.0. The average molecular weight is 428 g/mol. The van der Waals surface area contributed by atoms with Crippen molar-refractivity contribution in [2.45, 2.75) is 64.0 Å². The predicted octanol–water partition coefficient (Wildman–Crippen LogP) is 3.90. The molecule has 6 heteroatoms. The summed E-state index contributed by atoms with van der Waals surface area (Å²) in [6.07, 6.45) is 7.06. The van der Waals surface area contributed by atoms with Gasteiger partial charge in [-0.2, -0.15) is 0 Å². The maximum atomic E-state index is 12.8. The van der Waals surface area contributed by atoms with E-state index in [-0.39, 0.29) is 23.5 Å². The fourth-order valence-electron chi connectivity index (χ4n) is 5.23. The number of ether oxygens (including phenoxy) is 1. The minimum Gasteiger partial charge on any atom is -0.464 e. The van der Waals surface area contributed by atoms with Gasteiger partial charge in [-0.1, -0.05) is 36.8 Å². The van der Waals surface area contributed by atoms with Gasteiger partial charge in [0.2, 0.25) is 0 Å². The fourth-order valence-corrected chi connectivity index (χ4v) is 5.23. The summed E-state index contributed by atoms with van der Waals surface area (Å²) < 4.78 is 5.89. The van der Waals surface area contributed by atoms with Crippen LogP contribution in [0.4, 0.5) is 4.79 Å². The molecule has 1 aromatic rings. The topological polar surface area (TPSA) is 53.1 Å². The van der Waals surface area contributed by atoms with E-state index in [0.717, 1.165) is 45.4 Å². The highest BCUT2D eigenvalue weighted by atomic mass is 16.5. The molecule has 1 atom stereocenters. The number of nitrogens with zero attached hydrogens (tertiary/aromatic N) is 3. The maximum Gasteiger partial charge on any atom is 0.319 e. The Hall–Kier alpha value is -2.08. The van der Waals surface area contributed by atoms with Crippen molar-refractivity contribution in [3.63, 3.8) is 0 Å². The first-order chi connectivity index (χ1) is 15.0. The lowest BCUT2D eigenvalue weighted by molar-refractivity contribution is -0.155.